The van der Waals surface area contributed by atoms with Crippen LogP contribution in [0.1, 0.15) is 33.3 Å². The number of nitrogens with zero attached hydrogens (tertiary/aromatic N) is 3. The second-order valence-corrected chi connectivity index (χ2v) is 7.33. The first kappa shape index (κ1) is 16.9. The minimum Gasteiger partial charge on any atom is -0.342 e. The summed E-state index contributed by atoms with van der Waals surface area (Å²) in [5.74, 6) is -1.00. The van der Waals surface area contributed by atoms with Gasteiger partial charge in [0, 0.05) is 30.8 Å². The molecule has 0 N–H and O–H groups in total. The van der Waals surface area contributed by atoms with Gasteiger partial charge >= 0.3 is 0 Å². The fourth-order valence-electron chi connectivity index (χ4n) is 4.42. The molecular formula is C22H19N3O3. The van der Waals surface area contributed by atoms with E-state index in [1.54, 1.807) is 24.3 Å². The van der Waals surface area contributed by atoms with Crippen LogP contribution in [0.25, 0.3) is 10.9 Å². The van der Waals surface area contributed by atoms with E-state index in [1.165, 1.54) is 6.92 Å². The number of carbonyl (C=O) groups excluding carboxylic acids is 3. The van der Waals surface area contributed by atoms with Crippen molar-refractivity contribution in [1.29, 1.82) is 0 Å². The Hall–Kier alpha value is -3.25. The van der Waals surface area contributed by atoms with E-state index < -0.39 is 18.0 Å². The Kier molecular flexibility index (Phi) is 3.70. The van der Waals surface area contributed by atoms with Gasteiger partial charge in [-0.05, 0) is 36.6 Å². The molecular weight excluding hydrogens is 354 g/mol. The monoisotopic (exact) mass is 373 g/mol. The average molecular weight is 373 g/mol. The van der Waals surface area contributed by atoms with Crippen LogP contribution in [0.15, 0.2) is 54.6 Å². The van der Waals surface area contributed by atoms with E-state index in [4.69, 9.17) is 0 Å². The largest absolute Gasteiger partial charge is 0.342 e. The normalized spacial score (nSPS) is 17.7. The van der Waals surface area contributed by atoms with Crippen LogP contribution >= 0.6 is 0 Å². The topological polar surface area (TPSA) is 62.6 Å². The Morgan fingerprint density at radius 2 is 1.57 bits per heavy atom. The summed E-state index contributed by atoms with van der Waals surface area (Å²) in [4.78, 5) is 41.4. The standard InChI is InChI=1S/C22H19N3O3/c1-14(26)20(25-21(27)17-7-3-4-8-18(17)22(25)28)23-10-11-24-16(13-23)12-15-6-2-5-9-19(15)24/h2-9,12,20H,10-11,13H2,1H3. The lowest BCUT2D eigenvalue weighted by Gasteiger charge is -2.37. The predicted molar refractivity (Wildman–Crippen MR) is 104 cm³/mol. The number of para-hydroxylation sites is 1. The Morgan fingerprint density at radius 3 is 2.25 bits per heavy atom. The van der Waals surface area contributed by atoms with E-state index in [2.05, 4.69) is 22.8 Å². The second-order valence-electron chi connectivity index (χ2n) is 7.33. The van der Waals surface area contributed by atoms with E-state index in [0.29, 0.717) is 30.8 Å². The molecule has 2 aliphatic heterocycles. The number of benzene rings is 2. The van der Waals surface area contributed by atoms with Gasteiger partial charge in [-0.1, -0.05) is 30.3 Å². The minimum absolute atomic E-state index is 0.209. The van der Waals surface area contributed by atoms with Gasteiger partial charge in [-0.3, -0.25) is 24.2 Å². The highest BCUT2D eigenvalue weighted by Gasteiger charge is 2.44. The van der Waals surface area contributed by atoms with Crippen LogP contribution in [0.4, 0.5) is 0 Å². The van der Waals surface area contributed by atoms with Crippen LogP contribution in [-0.2, 0) is 17.9 Å². The molecule has 0 radical (unpaired) electrons. The number of imide groups is 1. The zero-order chi connectivity index (χ0) is 19.4. The fourth-order valence-corrected chi connectivity index (χ4v) is 4.42. The summed E-state index contributed by atoms with van der Waals surface area (Å²) >= 11 is 0. The van der Waals surface area contributed by atoms with Gasteiger partial charge in [0.1, 0.15) is 0 Å². The van der Waals surface area contributed by atoms with E-state index >= 15 is 0 Å². The number of fused-ring (bicyclic) bond motifs is 4. The van der Waals surface area contributed by atoms with Crippen molar-refractivity contribution in [2.45, 2.75) is 26.2 Å². The van der Waals surface area contributed by atoms with Crippen molar-refractivity contribution in [2.24, 2.45) is 0 Å². The van der Waals surface area contributed by atoms with Crippen LogP contribution < -0.4 is 0 Å². The van der Waals surface area contributed by atoms with Crippen LogP contribution in [0.2, 0.25) is 0 Å². The van der Waals surface area contributed by atoms with Crippen molar-refractivity contribution < 1.29 is 14.4 Å². The van der Waals surface area contributed by atoms with Crippen LogP contribution in [0.5, 0.6) is 0 Å². The number of aromatic nitrogens is 1. The molecule has 0 fully saturated rings. The van der Waals surface area contributed by atoms with E-state index in [1.807, 2.05) is 17.0 Å². The number of amides is 2. The lowest BCUT2D eigenvalue weighted by molar-refractivity contribution is -0.127. The molecule has 0 bridgehead atoms. The zero-order valence-electron chi connectivity index (χ0n) is 15.5. The number of hydrogen-bond acceptors (Lipinski definition) is 4. The summed E-state index contributed by atoms with van der Waals surface area (Å²) in [6.07, 6.45) is -0.890. The first-order valence-corrected chi connectivity index (χ1v) is 9.35. The molecule has 0 saturated carbocycles. The maximum absolute atomic E-state index is 12.9. The molecule has 0 saturated heterocycles. The van der Waals surface area contributed by atoms with Crippen molar-refractivity contribution in [3.8, 4) is 0 Å². The Balaban J connectivity index is 1.51. The first-order valence-electron chi connectivity index (χ1n) is 9.35. The Morgan fingerprint density at radius 1 is 0.929 bits per heavy atom. The van der Waals surface area contributed by atoms with Gasteiger partial charge in [0.15, 0.2) is 11.9 Å². The van der Waals surface area contributed by atoms with Crippen LogP contribution in [0.3, 0.4) is 0 Å². The molecule has 28 heavy (non-hydrogen) atoms. The summed E-state index contributed by atoms with van der Waals surface area (Å²) in [6, 6.07) is 17.0. The molecule has 6 nitrogen and oxygen atoms in total. The van der Waals surface area contributed by atoms with E-state index in [0.717, 1.165) is 21.5 Å². The number of hydrogen-bond donors (Lipinski definition) is 0. The maximum atomic E-state index is 12.9. The lowest BCUT2D eigenvalue weighted by Crippen LogP contribution is -2.56. The molecule has 1 aromatic heterocycles. The number of ketones is 1. The third-order valence-corrected chi connectivity index (χ3v) is 5.65. The predicted octanol–water partition coefficient (Wildman–Crippen LogP) is 2.67. The summed E-state index contributed by atoms with van der Waals surface area (Å²) in [7, 11) is 0. The number of Topliss-reactive ketones (excluding diaryl/α,β-unsaturated/α-hetero) is 1. The van der Waals surface area contributed by atoms with Crippen molar-refractivity contribution in [3.63, 3.8) is 0 Å². The van der Waals surface area contributed by atoms with Gasteiger partial charge in [-0.15, -0.1) is 0 Å². The molecule has 140 valence electrons. The van der Waals surface area contributed by atoms with E-state index in [9.17, 15) is 14.4 Å². The van der Waals surface area contributed by atoms with Crippen molar-refractivity contribution in [2.75, 3.05) is 6.54 Å². The summed E-state index contributed by atoms with van der Waals surface area (Å²) in [5.41, 5.74) is 2.97. The Bertz CT molecular complexity index is 1110. The smallest absolute Gasteiger partial charge is 0.263 e. The fraction of sp³-hybridized carbons (Fsp3) is 0.227. The van der Waals surface area contributed by atoms with Gasteiger partial charge < -0.3 is 4.57 Å². The van der Waals surface area contributed by atoms with Crippen LogP contribution in [0, 0.1) is 0 Å². The molecule has 2 aromatic carbocycles. The summed E-state index contributed by atoms with van der Waals surface area (Å²) in [5, 5.41) is 1.15. The molecule has 0 aliphatic carbocycles. The highest BCUT2D eigenvalue weighted by atomic mass is 16.2. The molecule has 3 aromatic rings. The highest BCUT2D eigenvalue weighted by Crippen LogP contribution is 2.30. The zero-order valence-corrected chi connectivity index (χ0v) is 15.5. The quantitative estimate of drug-likeness (QED) is 0.662. The van der Waals surface area contributed by atoms with Crippen molar-refractivity contribution in [3.05, 3.63) is 71.4 Å². The Labute approximate surface area is 162 Å². The summed E-state index contributed by atoms with van der Waals surface area (Å²) in [6.45, 7) is 3.24. The first-order chi connectivity index (χ1) is 13.6. The average Bonchev–Trinajstić information content (AvgIpc) is 3.19. The van der Waals surface area contributed by atoms with Crippen LogP contribution in [-0.4, -0.2) is 44.7 Å². The number of carbonyl (C=O) groups is 3. The molecule has 0 spiro atoms. The molecule has 2 amide bonds. The molecule has 5 rings (SSSR count). The molecule has 3 heterocycles. The van der Waals surface area contributed by atoms with Crippen molar-refractivity contribution >= 4 is 28.5 Å². The highest BCUT2D eigenvalue weighted by molar-refractivity contribution is 6.22. The second kappa shape index (κ2) is 6.14. The lowest BCUT2D eigenvalue weighted by atomic mass is 10.1. The van der Waals surface area contributed by atoms with Gasteiger partial charge in [0.25, 0.3) is 11.8 Å². The van der Waals surface area contributed by atoms with Crippen molar-refractivity contribution in [1.82, 2.24) is 14.4 Å². The number of rotatable bonds is 3. The SMILES string of the molecule is CC(=O)C(N1CCn2c(cc3ccccc32)C1)N1C(=O)c2ccccc2C1=O. The van der Waals surface area contributed by atoms with Gasteiger partial charge in [0.05, 0.1) is 11.1 Å². The van der Waals surface area contributed by atoms with Gasteiger partial charge in [-0.25, -0.2) is 0 Å². The minimum atomic E-state index is -0.890. The summed E-state index contributed by atoms with van der Waals surface area (Å²) < 4.78 is 2.24. The van der Waals surface area contributed by atoms with Gasteiger partial charge in [0.2, 0.25) is 0 Å². The molecule has 1 atom stereocenters. The molecule has 1 unspecified atom stereocenters. The van der Waals surface area contributed by atoms with E-state index in [-0.39, 0.29) is 5.78 Å². The third kappa shape index (κ3) is 2.34. The molecule has 6 heteroatoms. The van der Waals surface area contributed by atoms with Gasteiger partial charge in [-0.2, -0.15) is 0 Å². The molecule has 2 aliphatic rings. The third-order valence-electron chi connectivity index (χ3n) is 5.65. The maximum Gasteiger partial charge on any atom is 0.263 e.